The Hall–Kier alpha value is -1.97. The van der Waals surface area contributed by atoms with Gasteiger partial charge < -0.3 is 25.0 Å². The summed E-state index contributed by atoms with van der Waals surface area (Å²) in [4.78, 5) is 35.8. The van der Waals surface area contributed by atoms with Gasteiger partial charge in [-0.2, -0.15) is 0 Å². The van der Waals surface area contributed by atoms with Crippen LogP contribution in [0.2, 0.25) is 0 Å². The second-order valence-corrected chi connectivity index (χ2v) is 4.75. The molecule has 0 unspecified atom stereocenters. The molecule has 0 fully saturated rings. The van der Waals surface area contributed by atoms with E-state index >= 15 is 0 Å². The average molecular weight is 339 g/mol. The Labute approximate surface area is 133 Å². The fraction of sp³-hybridized carbons (Fsp3) is 0.769. The summed E-state index contributed by atoms with van der Waals surface area (Å²) < 4.78 is 34.2. The minimum absolute atomic E-state index is 0.0421. The molecule has 8 nitrogen and oxygen atoms in total. The van der Waals surface area contributed by atoms with E-state index < -0.39 is 43.0 Å². The predicted molar refractivity (Wildman–Crippen MR) is 77.1 cm³/mol. The summed E-state index contributed by atoms with van der Waals surface area (Å²) in [6.07, 6.45) is -2.71. The zero-order valence-corrected chi connectivity index (χ0v) is 13.6. The largest absolute Gasteiger partial charge is 0.467 e. The van der Waals surface area contributed by atoms with Crippen molar-refractivity contribution >= 4 is 17.9 Å². The summed E-state index contributed by atoms with van der Waals surface area (Å²) in [7, 11) is 2.55. The number of amides is 3. The van der Waals surface area contributed by atoms with Crippen molar-refractivity contribution < 1.29 is 32.6 Å². The van der Waals surface area contributed by atoms with Gasteiger partial charge in [-0.15, -0.1) is 0 Å². The Morgan fingerprint density at radius 1 is 1.09 bits per heavy atom. The lowest BCUT2D eigenvalue weighted by Gasteiger charge is -2.24. The van der Waals surface area contributed by atoms with E-state index in [0.717, 1.165) is 4.90 Å². The SMILES string of the molecule is COCCN(CC(F)F)C(=O)N[C@@H](C)C(=O)N[C@@H](C)C(=O)OC. The number of esters is 1. The highest BCUT2D eigenvalue weighted by molar-refractivity contribution is 5.89. The maximum absolute atomic E-state index is 12.5. The van der Waals surface area contributed by atoms with Gasteiger partial charge in [0.2, 0.25) is 5.91 Å². The van der Waals surface area contributed by atoms with Gasteiger partial charge in [0.15, 0.2) is 0 Å². The van der Waals surface area contributed by atoms with Crippen LogP contribution in [0.5, 0.6) is 0 Å². The maximum Gasteiger partial charge on any atom is 0.328 e. The molecule has 134 valence electrons. The quantitative estimate of drug-likeness (QED) is 0.575. The monoisotopic (exact) mass is 339 g/mol. The molecule has 2 N–H and O–H groups in total. The van der Waals surface area contributed by atoms with Gasteiger partial charge in [-0.1, -0.05) is 0 Å². The van der Waals surface area contributed by atoms with Gasteiger partial charge in [-0.25, -0.2) is 18.4 Å². The van der Waals surface area contributed by atoms with E-state index in [2.05, 4.69) is 15.4 Å². The maximum atomic E-state index is 12.5. The zero-order valence-electron chi connectivity index (χ0n) is 13.6. The lowest BCUT2D eigenvalue weighted by molar-refractivity contribution is -0.144. The summed E-state index contributed by atoms with van der Waals surface area (Å²) in [5.74, 6) is -1.28. The van der Waals surface area contributed by atoms with Gasteiger partial charge in [0, 0.05) is 13.7 Å². The van der Waals surface area contributed by atoms with E-state index in [1.807, 2.05) is 0 Å². The van der Waals surface area contributed by atoms with Crippen LogP contribution >= 0.6 is 0 Å². The summed E-state index contributed by atoms with van der Waals surface area (Å²) in [6.45, 7) is 2.05. The van der Waals surface area contributed by atoms with Gasteiger partial charge in [-0.05, 0) is 13.8 Å². The van der Waals surface area contributed by atoms with E-state index in [9.17, 15) is 23.2 Å². The molecule has 0 aromatic carbocycles. The molecule has 23 heavy (non-hydrogen) atoms. The lowest BCUT2D eigenvalue weighted by Crippen LogP contribution is -2.53. The fourth-order valence-electron chi connectivity index (χ4n) is 1.56. The number of ether oxygens (including phenoxy) is 2. The van der Waals surface area contributed by atoms with Gasteiger partial charge in [0.25, 0.3) is 6.43 Å². The van der Waals surface area contributed by atoms with Crippen LogP contribution in [-0.4, -0.2) is 75.2 Å². The van der Waals surface area contributed by atoms with E-state index in [4.69, 9.17) is 4.74 Å². The normalized spacial score (nSPS) is 13.2. The van der Waals surface area contributed by atoms with Crippen LogP contribution in [0.1, 0.15) is 13.8 Å². The summed E-state index contributed by atoms with van der Waals surface area (Å²) >= 11 is 0. The van der Waals surface area contributed by atoms with Crippen LogP contribution in [0, 0.1) is 0 Å². The highest BCUT2D eigenvalue weighted by Gasteiger charge is 2.24. The Balaban J connectivity index is 4.58. The molecule has 0 heterocycles. The first-order chi connectivity index (χ1) is 10.7. The number of carbonyl (C=O) groups excluding carboxylic acids is 3. The lowest BCUT2D eigenvalue weighted by atomic mass is 10.2. The molecule has 0 bridgehead atoms. The van der Waals surface area contributed by atoms with Gasteiger partial charge in [0.05, 0.1) is 20.3 Å². The third-order valence-corrected chi connectivity index (χ3v) is 2.86. The van der Waals surface area contributed by atoms with E-state index in [0.29, 0.717) is 0 Å². The number of hydrogen-bond donors (Lipinski definition) is 2. The first kappa shape index (κ1) is 21.0. The Morgan fingerprint density at radius 2 is 1.70 bits per heavy atom. The molecule has 3 amide bonds. The standard InChI is InChI=1S/C13H23F2N3O5/c1-8(11(19)16-9(2)12(20)23-4)17-13(21)18(5-6-22-3)7-10(14)15/h8-10H,5-7H2,1-4H3,(H,16,19)(H,17,21)/t8-,9-/m0/s1. The van der Waals surface area contributed by atoms with Crippen molar-refractivity contribution in [1.29, 1.82) is 0 Å². The molecule has 10 heteroatoms. The number of urea groups is 1. The van der Waals surface area contributed by atoms with Gasteiger partial charge in [-0.3, -0.25) is 4.79 Å². The van der Waals surface area contributed by atoms with E-state index in [1.54, 1.807) is 0 Å². The second kappa shape index (κ2) is 10.7. The smallest absolute Gasteiger partial charge is 0.328 e. The number of alkyl halides is 2. The minimum Gasteiger partial charge on any atom is -0.467 e. The fourth-order valence-corrected chi connectivity index (χ4v) is 1.56. The topological polar surface area (TPSA) is 97.0 Å². The molecule has 0 spiro atoms. The molecular formula is C13H23F2N3O5. The first-order valence-electron chi connectivity index (χ1n) is 6.93. The summed E-state index contributed by atoms with van der Waals surface area (Å²) in [5, 5.41) is 4.63. The number of nitrogens with zero attached hydrogens (tertiary/aromatic N) is 1. The predicted octanol–water partition coefficient (Wildman–Crippen LogP) is -0.0243. The molecule has 0 aromatic heterocycles. The number of rotatable bonds is 9. The van der Waals surface area contributed by atoms with Crippen molar-refractivity contribution in [1.82, 2.24) is 15.5 Å². The Morgan fingerprint density at radius 3 is 2.17 bits per heavy atom. The summed E-state index contributed by atoms with van der Waals surface area (Å²) in [5.41, 5.74) is 0. The average Bonchev–Trinajstić information content (AvgIpc) is 2.49. The van der Waals surface area contributed by atoms with Crippen LogP contribution in [0.4, 0.5) is 13.6 Å². The third-order valence-electron chi connectivity index (χ3n) is 2.86. The molecule has 0 aliphatic carbocycles. The number of nitrogens with one attached hydrogen (secondary N) is 2. The molecule has 0 aliphatic rings. The minimum atomic E-state index is -2.71. The van der Waals surface area contributed by atoms with Gasteiger partial charge in [0.1, 0.15) is 12.1 Å². The molecule has 2 atom stereocenters. The Kier molecular flexibility index (Phi) is 9.79. The van der Waals surface area contributed by atoms with Crippen molar-refractivity contribution in [3.63, 3.8) is 0 Å². The highest BCUT2D eigenvalue weighted by atomic mass is 19.3. The van der Waals surface area contributed by atoms with Gasteiger partial charge >= 0.3 is 12.0 Å². The van der Waals surface area contributed by atoms with Crippen LogP contribution in [0.15, 0.2) is 0 Å². The molecule has 0 saturated carbocycles. The first-order valence-corrected chi connectivity index (χ1v) is 6.93. The van der Waals surface area contributed by atoms with Crippen molar-refractivity contribution in [3.8, 4) is 0 Å². The molecular weight excluding hydrogens is 316 g/mol. The van der Waals surface area contributed by atoms with Crippen LogP contribution in [0.3, 0.4) is 0 Å². The van der Waals surface area contributed by atoms with Crippen LogP contribution in [-0.2, 0) is 19.1 Å². The number of halogens is 2. The second-order valence-electron chi connectivity index (χ2n) is 4.75. The van der Waals surface area contributed by atoms with Crippen LogP contribution < -0.4 is 10.6 Å². The number of hydrogen-bond acceptors (Lipinski definition) is 5. The number of carbonyl (C=O) groups is 3. The van der Waals surface area contributed by atoms with Crippen LogP contribution in [0.25, 0.3) is 0 Å². The van der Waals surface area contributed by atoms with E-state index in [-0.39, 0.29) is 13.2 Å². The van der Waals surface area contributed by atoms with Crippen molar-refractivity contribution in [2.45, 2.75) is 32.4 Å². The molecule has 0 saturated heterocycles. The van der Waals surface area contributed by atoms with Crippen molar-refractivity contribution in [2.75, 3.05) is 33.9 Å². The molecule has 0 radical (unpaired) electrons. The van der Waals surface area contributed by atoms with E-state index in [1.165, 1.54) is 28.1 Å². The zero-order chi connectivity index (χ0) is 18.0. The third kappa shape index (κ3) is 8.29. The van der Waals surface area contributed by atoms with Crippen molar-refractivity contribution in [2.24, 2.45) is 0 Å². The highest BCUT2D eigenvalue weighted by Crippen LogP contribution is 2.00. The Bertz CT molecular complexity index is 409. The number of methoxy groups -OCH3 is 2. The summed E-state index contributed by atoms with van der Waals surface area (Å²) in [6, 6.07) is -2.73. The molecule has 0 aromatic rings. The van der Waals surface area contributed by atoms with Crippen molar-refractivity contribution in [3.05, 3.63) is 0 Å². The molecule has 0 aliphatic heterocycles. The molecule has 0 rings (SSSR count).